The molecule has 1 aliphatic carbocycles. The average Bonchev–Trinajstić information content (AvgIpc) is 1.51. The second-order valence-electron chi connectivity index (χ2n) is 31.8. The first-order valence-corrected chi connectivity index (χ1v) is 44.6. The summed E-state index contributed by atoms with van der Waals surface area (Å²) in [6.07, 6.45) is 0.642. The van der Waals surface area contributed by atoms with E-state index in [4.69, 9.17) is 57.1 Å². The largest absolute Gasteiger partial charge is 0.458 e. The fourth-order valence-electron chi connectivity index (χ4n) is 15.3. The highest BCUT2D eigenvalue weighted by Crippen LogP contribution is 2.45. The van der Waals surface area contributed by atoms with Gasteiger partial charge in [0.25, 0.3) is 15.7 Å². The van der Waals surface area contributed by atoms with E-state index >= 15 is 0 Å². The topological polar surface area (TPSA) is 435 Å². The Balaban J connectivity index is 0.470. The van der Waals surface area contributed by atoms with Crippen molar-refractivity contribution in [2.45, 2.75) is 136 Å². The molecule has 0 spiro atoms. The molecule has 0 unspecified atom stereocenters. The minimum Gasteiger partial charge on any atom is -0.458 e. The van der Waals surface area contributed by atoms with Gasteiger partial charge in [0.2, 0.25) is 29.5 Å². The first-order valence-electron chi connectivity index (χ1n) is 43.0. The summed E-state index contributed by atoms with van der Waals surface area (Å²) in [5.74, 6) is -5.31. The van der Waals surface area contributed by atoms with Gasteiger partial charge in [-0.25, -0.2) is 34.4 Å². The smallest absolute Gasteiger partial charge is 0.424 e. The second-order valence-corrected chi connectivity index (χ2v) is 33.3. The zero-order chi connectivity index (χ0) is 91.4. The number of pyridine rings is 3. The van der Waals surface area contributed by atoms with Crippen LogP contribution in [0.4, 0.5) is 15.3 Å². The predicted molar refractivity (Wildman–Crippen MR) is 471 cm³/mol. The van der Waals surface area contributed by atoms with Gasteiger partial charge in [-0.05, 0) is 115 Å². The molecule has 2 aliphatic heterocycles. The molecular formula is C91H116N12O24S. The van der Waals surface area contributed by atoms with E-state index in [1.165, 1.54) is 11.9 Å². The quantitative estimate of drug-likeness (QED) is 0.00667. The summed E-state index contributed by atoms with van der Waals surface area (Å²) in [7, 11) is -1.28. The maximum absolute atomic E-state index is 14.0. The van der Waals surface area contributed by atoms with Crippen LogP contribution in [0, 0.1) is 5.92 Å². The average molecular weight is 1790 g/mol. The molecule has 4 atom stereocenters. The van der Waals surface area contributed by atoms with Crippen LogP contribution in [0.15, 0.2) is 132 Å². The molecule has 4 aromatic carbocycles. The third-order valence-corrected chi connectivity index (χ3v) is 22.8. The van der Waals surface area contributed by atoms with Crippen LogP contribution in [-0.2, 0) is 136 Å². The molecule has 0 radical (unpaired) electrons. The number of ether oxygens (including phenoxy) is 11. The van der Waals surface area contributed by atoms with Crippen LogP contribution < -0.4 is 32.1 Å². The summed E-state index contributed by atoms with van der Waals surface area (Å²) in [4.78, 5) is 132. The van der Waals surface area contributed by atoms with Gasteiger partial charge < -0.3 is 97.8 Å². The number of fused-ring (bicyclic) bond motifs is 9. The van der Waals surface area contributed by atoms with Gasteiger partial charge in [0.05, 0.1) is 141 Å². The Hall–Kier alpha value is -11.2. The molecule has 37 heteroatoms. The van der Waals surface area contributed by atoms with Crippen molar-refractivity contribution >= 4 is 85.4 Å². The minimum atomic E-state index is -4.71. The fourth-order valence-corrected chi connectivity index (χ4v) is 15.9. The lowest BCUT2D eigenvalue weighted by atomic mass is 9.86. The molecule has 7 N–H and O–H groups in total. The van der Waals surface area contributed by atoms with Gasteiger partial charge in [-0.2, -0.15) is 8.42 Å². The Morgan fingerprint density at radius 3 is 1.83 bits per heavy atom. The summed E-state index contributed by atoms with van der Waals surface area (Å²) < 4.78 is 98.7. The lowest BCUT2D eigenvalue weighted by Crippen LogP contribution is -2.53. The van der Waals surface area contributed by atoms with Crippen molar-refractivity contribution < 1.29 is 109 Å². The Kier molecular flexibility index (Phi) is 35.9. The molecular weight excluding hydrogens is 1680 g/mol. The molecule has 36 nitrogen and oxygen atoms in total. The number of nitrogens with one attached hydrogen (secondary N) is 5. The number of cyclic esters (lactones) is 1. The van der Waals surface area contributed by atoms with Gasteiger partial charge in [0.1, 0.15) is 49.3 Å². The van der Waals surface area contributed by atoms with Gasteiger partial charge >= 0.3 is 18.2 Å². The molecule has 0 fully saturated rings. The van der Waals surface area contributed by atoms with E-state index in [1.807, 2.05) is 86.6 Å². The summed E-state index contributed by atoms with van der Waals surface area (Å²) >= 11 is 0. The number of rotatable bonds is 52. The Morgan fingerprint density at radius 2 is 1.23 bits per heavy atom. The van der Waals surface area contributed by atoms with E-state index in [0.29, 0.717) is 105 Å². The van der Waals surface area contributed by atoms with Gasteiger partial charge in [0, 0.05) is 98.0 Å². The number of hydrogen-bond acceptors (Lipinski definition) is 26. The predicted octanol–water partition coefficient (Wildman–Crippen LogP) is 6.93. The first-order chi connectivity index (χ1) is 61.6. The maximum Gasteiger partial charge on any atom is 0.424 e. The van der Waals surface area contributed by atoms with E-state index in [-0.39, 0.29) is 153 Å². The molecule has 4 aromatic heterocycles. The van der Waals surface area contributed by atoms with Gasteiger partial charge in [0.15, 0.2) is 5.60 Å². The van der Waals surface area contributed by atoms with E-state index < -0.39 is 87.3 Å². The fraction of sp³-hybridized carbons (Fsp3) is 0.484. The van der Waals surface area contributed by atoms with E-state index in [9.17, 15) is 61.2 Å². The van der Waals surface area contributed by atoms with Gasteiger partial charge in [-0.3, -0.25) is 33.3 Å². The van der Waals surface area contributed by atoms with Gasteiger partial charge in [-0.15, -0.1) is 0 Å². The van der Waals surface area contributed by atoms with Crippen LogP contribution >= 0.6 is 0 Å². The number of carbonyl (C=O) groups is 8. The lowest BCUT2D eigenvalue weighted by molar-refractivity contribution is -0.172. The van der Waals surface area contributed by atoms with Crippen LogP contribution in [0.25, 0.3) is 44.5 Å². The monoisotopic (exact) mass is 1790 g/mol. The van der Waals surface area contributed by atoms with Crippen LogP contribution in [0.2, 0.25) is 0 Å². The third kappa shape index (κ3) is 26.3. The standard InChI is InChI=1S/C91H116N12O24S/c1-9-91(113)75-52-78-82-72(54-102(78)87(109)74(75)57-125-88(91)110)70(71-22-14-15-23-76(71)97-82)28-33-100(60(4)5)89(111)126-55-62-24-26-64(27-25-62)95-84(106)61(6)94-86(108)81(59(2)3)98-80(105)30-35-117-37-39-119-41-43-121-45-47-123-49-50-124-48-46-122-44-42-120-40-38-118-36-32-93-85(107)77(58-128(114,115)116)96-79(104)29-34-101-65(51-63-17-16-31-92-83(63)101)53-103(99(7)8)90(112)127-56-73-68-20-12-10-18-66(68)67-19-11-13-21-69(67)73/h10-27,31,51-52,59-61,73,77,81,113H,9,28-30,32-50,53-58H2,1-8H3,(H,93,107)(H,94,108)(H,95,106)(H,96,104)(H,98,105)(H,114,115,116)/t61-,77-,81-,91-/m0/s1. The molecule has 0 saturated heterocycles. The number of benzene rings is 4. The normalized spacial score (nSPS) is 14.6. The lowest BCUT2D eigenvalue weighted by Gasteiger charge is -2.31. The number of para-hydroxylation sites is 1. The molecule has 11 rings (SSSR count). The van der Waals surface area contributed by atoms with Crippen molar-refractivity contribution in [3.63, 3.8) is 0 Å². The van der Waals surface area contributed by atoms with Crippen LogP contribution in [-0.4, -0.2) is 269 Å². The molecule has 7 amide bonds. The Morgan fingerprint density at radius 1 is 0.648 bits per heavy atom. The van der Waals surface area contributed by atoms with Crippen molar-refractivity contribution in [2.75, 3.05) is 151 Å². The van der Waals surface area contributed by atoms with Crippen molar-refractivity contribution in [1.29, 1.82) is 0 Å². The number of carbonyl (C=O) groups excluding carboxylic acids is 8. The maximum atomic E-state index is 14.0. The summed E-state index contributed by atoms with van der Waals surface area (Å²) in [5, 5.41) is 29.3. The molecule has 3 aliphatic rings. The Labute approximate surface area is 742 Å². The number of esters is 1. The number of anilines is 1. The van der Waals surface area contributed by atoms with Gasteiger partial charge in [-0.1, -0.05) is 99.6 Å². The molecule has 8 aromatic rings. The number of amides is 7. The molecule has 690 valence electrons. The van der Waals surface area contributed by atoms with Crippen molar-refractivity contribution in [3.8, 4) is 22.5 Å². The van der Waals surface area contributed by atoms with Crippen LogP contribution in [0.5, 0.6) is 0 Å². The minimum absolute atomic E-state index is 0.0169. The van der Waals surface area contributed by atoms with E-state index in [2.05, 4.69) is 43.7 Å². The van der Waals surface area contributed by atoms with E-state index in [1.54, 1.807) is 96.5 Å². The highest BCUT2D eigenvalue weighted by Gasteiger charge is 2.46. The third-order valence-electron chi connectivity index (χ3n) is 22.1. The van der Waals surface area contributed by atoms with Crippen molar-refractivity contribution in [2.24, 2.45) is 5.92 Å². The Bertz CT molecular complexity index is 5290. The van der Waals surface area contributed by atoms with Crippen molar-refractivity contribution in [1.82, 2.24) is 55.3 Å². The van der Waals surface area contributed by atoms with Crippen molar-refractivity contribution in [3.05, 3.63) is 183 Å². The number of hydrogen-bond donors (Lipinski definition) is 7. The number of hydrazine groups is 1. The molecule has 0 saturated carbocycles. The van der Waals surface area contributed by atoms with E-state index in [0.717, 1.165) is 44.2 Å². The second kappa shape index (κ2) is 47.2. The number of aryl methyl sites for hydroxylation is 1. The molecule has 0 bridgehead atoms. The SMILES string of the molecule is CC[C@@]1(O)C(=O)OCc2c1cc1n(c2=O)Cc2c-1nc1ccccc1c2CCN(C(=O)OCc1ccc(NC(=O)[C@H](C)NC(=O)[C@@H](NC(=O)CCOCCOCCOCCOCCOCCOCCOCCOCCNC(=O)[C@H](CS(=O)(=O)O)NC(=O)CCn2c(CN(C(=O)OCC3c4ccccc4-c4ccccc43)N(C)C)cc3cccnc32)C(C)C)cc1)C(C)C. The van der Waals surface area contributed by atoms with Crippen LogP contribution in [0.3, 0.4) is 0 Å². The summed E-state index contributed by atoms with van der Waals surface area (Å²) in [5.41, 5.74) is 8.15. The highest BCUT2D eigenvalue weighted by atomic mass is 32.2. The van der Waals surface area contributed by atoms with Crippen LogP contribution in [0.1, 0.15) is 111 Å². The highest BCUT2D eigenvalue weighted by molar-refractivity contribution is 7.85. The summed E-state index contributed by atoms with van der Waals surface area (Å²) in [6, 6.07) is 33.8. The molecule has 6 heterocycles. The summed E-state index contributed by atoms with van der Waals surface area (Å²) in [6.45, 7) is 15.1. The number of nitrogens with zero attached hydrogens (tertiary/aromatic N) is 7. The zero-order valence-corrected chi connectivity index (χ0v) is 74.3. The first kappa shape index (κ1) is 97.4. The molecule has 128 heavy (non-hydrogen) atoms. The zero-order valence-electron chi connectivity index (χ0n) is 73.5. The number of aliphatic hydroxyl groups is 1. The number of aromatic nitrogens is 4.